The van der Waals surface area contributed by atoms with Crippen LogP contribution in [0.3, 0.4) is 0 Å². The van der Waals surface area contributed by atoms with Crippen LogP contribution in [0, 0.1) is 5.82 Å². The number of sulfone groups is 1. The Hall–Kier alpha value is -0.810. The maximum absolute atomic E-state index is 13.3. The first-order chi connectivity index (χ1) is 7.42. The summed E-state index contributed by atoms with van der Waals surface area (Å²) in [6.45, 7) is -0.0595. The molecule has 0 aliphatic rings. The Labute approximate surface area is 99.1 Å². The van der Waals surface area contributed by atoms with Crippen LogP contribution in [0.5, 0.6) is 5.75 Å². The molecule has 0 aliphatic heterocycles. The smallest absolute Gasteiger partial charge is 0.165 e. The molecule has 3 nitrogen and oxygen atoms in total. The highest BCUT2D eigenvalue weighted by molar-refractivity contribution is 7.90. The number of ether oxygens (including phenoxy) is 1. The number of halogens is 2. The van der Waals surface area contributed by atoms with Crippen molar-refractivity contribution in [3.8, 4) is 5.75 Å². The highest BCUT2D eigenvalue weighted by Gasteiger charge is 2.06. The molecular formula is C10H12ClFO3S. The lowest BCUT2D eigenvalue weighted by Gasteiger charge is -2.07. The molecule has 0 unspecified atom stereocenters. The summed E-state index contributed by atoms with van der Waals surface area (Å²) in [5, 5.41) is 0. The van der Waals surface area contributed by atoms with E-state index in [1.807, 2.05) is 0 Å². The van der Waals surface area contributed by atoms with E-state index in [9.17, 15) is 12.8 Å². The molecule has 0 atom stereocenters. The Morgan fingerprint density at radius 3 is 2.62 bits per heavy atom. The maximum Gasteiger partial charge on any atom is 0.165 e. The minimum absolute atomic E-state index is 0.0394. The number of benzene rings is 1. The van der Waals surface area contributed by atoms with E-state index in [1.165, 1.54) is 12.1 Å². The van der Waals surface area contributed by atoms with Crippen LogP contribution in [0.25, 0.3) is 0 Å². The van der Waals surface area contributed by atoms with Gasteiger partial charge in [-0.1, -0.05) is 6.07 Å². The van der Waals surface area contributed by atoms with E-state index in [0.717, 1.165) is 6.26 Å². The number of hydrogen-bond donors (Lipinski definition) is 0. The van der Waals surface area contributed by atoms with Gasteiger partial charge in [-0.2, -0.15) is 0 Å². The highest BCUT2D eigenvalue weighted by atomic mass is 35.5. The molecule has 0 amide bonds. The number of alkyl halides is 1. The van der Waals surface area contributed by atoms with Crippen LogP contribution in [0.15, 0.2) is 18.2 Å². The first kappa shape index (κ1) is 13.3. The fourth-order valence-electron chi connectivity index (χ4n) is 1.05. The van der Waals surface area contributed by atoms with Crippen molar-refractivity contribution in [2.75, 3.05) is 18.6 Å². The lowest BCUT2D eigenvalue weighted by atomic mass is 10.2. The molecule has 16 heavy (non-hydrogen) atoms. The van der Waals surface area contributed by atoms with Crippen molar-refractivity contribution in [3.63, 3.8) is 0 Å². The molecule has 1 rings (SSSR count). The Balaban J connectivity index is 2.61. The lowest BCUT2D eigenvalue weighted by Crippen LogP contribution is -2.12. The summed E-state index contributed by atoms with van der Waals surface area (Å²) in [6, 6.07) is 4.34. The molecule has 1 aromatic carbocycles. The van der Waals surface area contributed by atoms with Gasteiger partial charge in [0.2, 0.25) is 0 Å². The van der Waals surface area contributed by atoms with Gasteiger partial charge in [0.25, 0.3) is 0 Å². The summed E-state index contributed by atoms with van der Waals surface area (Å²) >= 11 is 5.53. The van der Waals surface area contributed by atoms with Crippen molar-refractivity contribution in [1.82, 2.24) is 0 Å². The van der Waals surface area contributed by atoms with Gasteiger partial charge < -0.3 is 4.74 Å². The van der Waals surface area contributed by atoms with Crippen LogP contribution in [-0.2, 0) is 15.7 Å². The Bertz CT molecular complexity index is 459. The molecule has 0 heterocycles. The molecule has 0 radical (unpaired) electrons. The third-order valence-corrected chi connectivity index (χ3v) is 3.08. The molecule has 0 aromatic heterocycles. The van der Waals surface area contributed by atoms with Crippen molar-refractivity contribution in [2.24, 2.45) is 0 Å². The zero-order chi connectivity index (χ0) is 12.2. The normalized spacial score (nSPS) is 11.4. The molecule has 6 heteroatoms. The molecule has 0 bridgehead atoms. The Morgan fingerprint density at radius 1 is 1.44 bits per heavy atom. The number of rotatable bonds is 5. The molecule has 0 saturated heterocycles. The van der Waals surface area contributed by atoms with Crippen molar-refractivity contribution in [1.29, 1.82) is 0 Å². The van der Waals surface area contributed by atoms with Gasteiger partial charge in [-0.05, 0) is 17.7 Å². The van der Waals surface area contributed by atoms with Crippen LogP contribution in [-0.4, -0.2) is 27.0 Å². The second-order valence-electron chi connectivity index (χ2n) is 3.38. The lowest BCUT2D eigenvalue weighted by molar-refractivity contribution is 0.322. The third-order valence-electron chi connectivity index (χ3n) is 1.86. The van der Waals surface area contributed by atoms with Gasteiger partial charge in [0, 0.05) is 12.1 Å². The zero-order valence-corrected chi connectivity index (χ0v) is 10.3. The topological polar surface area (TPSA) is 43.4 Å². The van der Waals surface area contributed by atoms with Gasteiger partial charge in [0.05, 0.1) is 5.75 Å². The summed E-state index contributed by atoms with van der Waals surface area (Å²) in [5.41, 5.74) is 0.648. The molecule has 0 aliphatic carbocycles. The van der Waals surface area contributed by atoms with Crippen molar-refractivity contribution in [2.45, 2.75) is 5.88 Å². The second-order valence-corrected chi connectivity index (χ2v) is 5.90. The Kier molecular flexibility index (Phi) is 4.56. The molecule has 0 N–H and O–H groups in total. The summed E-state index contributed by atoms with van der Waals surface area (Å²) in [5.74, 6) is -0.409. The van der Waals surface area contributed by atoms with Crippen molar-refractivity contribution < 1.29 is 17.5 Å². The SMILES string of the molecule is CS(=O)(=O)CCOc1ccc(CCl)cc1F. The summed E-state index contributed by atoms with van der Waals surface area (Å²) in [4.78, 5) is 0. The van der Waals surface area contributed by atoms with E-state index in [4.69, 9.17) is 16.3 Å². The monoisotopic (exact) mass is 266 g/mol. The van der Waals surface area contributed by atoms with E-state index < -0.39 is 15.7 Å². The van der Waals surface area contributed by atoms with E-state index >= 15 is 0 Å². The van der Waals surface area contributed by atoms with Crippen LogP contribution < -0.4 is 4.74 Å². The number of hydrogen-bond acceptors (Lipinski definition) is 3. The highest BCUT2D eigenvalue weighted by Crippen LogP contribution is 2.19. The van der Waals surface area contributed by atoms with Gasteiger partial charge in [0.1, 0.15) is 6.61 Å². The largest absolute Gasteiger partial charge is 0.489 e. The van der Waals surface area contributed by atoms with Gasteiger partial charge >= 0.3 is 0 Å². The first-order valence-electron chi connectivity index (χ1n) is 4.57. The molecule has 0 spiro atoms. The van der Waals surface area contributed by atoms with E-state index in [0.29, 0.717) is 5.56 Å². The van der Waals surface area contributed by atoms with Crippen molar-refractivity contribution in [3.05, 3.63) is 29.6 Å². The average Bonchev–Trinajstić information content (AvgIpc) is 2.18. The third kappa shape index (κ3) is 4.37. The predicted octanol–water partition coefficient (Wildman–Crippen LogP) is 1.99. The summed E-state index contributed by atoms with van der Waals surface area (Å²) in [6.07, 6.45) is 1.10. The first-order valence-corrected chi connectivity index (χ1v) is 7.17. The zero-order valence-electron chi connectivity index (χ0n) is 8.74. The van der Waals surface area contributed by atoms with Gasteiger partial charge in [-0.3, -0.25) is 0 Å². The summed E-state index contributed by atoms with van der Waals surface area (Å²) in [7, 11) is -3.09. The fourth-order valence-corrected chi connectivity index (χ4v) is 1.60. The minimum Gasteiger partial charge on any atom is -0.489 e. The van der Waals surface area contributed by atoms with Crippen LogP contribution >= 0.6 is 11.6 Å². The average molecular weight is 267 g/mol. The quantitative estimate of drug-likeness (QED) is 0.766. The fraction of sp³-hybridized carbons (Fsp3) is 0.400. The Morgan fingerprint density at radius 2 is 2.12 bits per heavy atom. The van der Waals surface area contributed by atoms with Crippen LogP contribution in [0.2, 0.25) is 0 Å². The summed E-state index contributed by atoms with van der Waals surface area (Å²) < 4.78 is 40.0. The van der Waals surface area contributed by atoms with Gasteiger partial charge in [-0.15, -0.1) is 11.6 Å². The molecule has 1 aromatic rings. The van der Waals surface area contributed by atoms with E-state index in [2.05, 4.69) is 0 Å². The van der Waals surface area contributed by atoms with E-state index in [1.54, 1.807) is 6.07 Å². The van der Waals surface area contributed by atoms with Gasteiger partial charge in [-0.25, -0.2) is 12.8 Å². The van der Waals surface area contributed by atoms with E-state index in [-0.39, 0.29) is 24.0 Å². The second kappa shape index (κ2) is 5.50. The predicted molar refractivity (Wildman–Crippen MR) is 61.2 cm³/mol. The van der Waals surface area contributed by atoms with Gasteiger partial charge in [0.15, 0.2) is 21.4 Å². The molecular weight excluding hydrogens is 255 g/mol. The van der Waals surface area contributed by atoms with Crippen LogP contribution in [0.4, 0.5) is 4.39 Å². The standard InChI is InChI=1S/C10H12ClFO3S/c1-16(13,14)5-4-15-10-3-2-8(7-11)6-9(10)12/h2-3,6H,4-5,7H2,1H3. The van der Waals surface area contributed by atoms with Crippen LogP contribution in [0.1, 0.15) is 5.56 Å². The minimum atomic E-state index is -3.09. The molecule has 0 fully saturated rings. The van der Waals surface area contributed by atoms with Crippen molar-refractivity contribution >= 4 is 21.4 Å². The molecule has 90 valence electrons. The molecule has 0 saturated carbocycles. The maximum atomic E-state index is 13.3.